The second kappa shape index (κ2) is 4.21. The van der Waals surface area contributed by atoms with Crippen LogP contribution in [0.2, 0.25) is 5.02 Å². The molecule has 0 saturated heterocycles. The van der Waals surface area contributed by atoms with Crippen molar-refractivity contribution in [1.82, 2.24) is 5.16 Å². The van der Waals surface area contributed by atoms with Crippen molar-refractivity contribution in [2.75, 3.05) is 18.5 Å². The number of ether oxygens (including phenoxy) is 1. The molecule has 0 aliphatic carbocycles. The molecule has 0 bridgehead atoms. The third-order valence-corrected chi connectivity index (χ3v) is 3.36. The summed E-state index contributed by atoms with van der Waals surface area (Å²) in [4.78, 5) is 0. The zero-order valence-corrected chi connectivity index (χ0v) is 11.0. The summed E-state index contributed by atoms with van der Waals surface area (Å²) in [6.07, 6.45) is 0. The number of aryl methyl sites for hydroxylation is 2. The summed E-state index contributed by atoms with van der Waals surface area (Å²) in [5, 5.41) is 7.88. The maximum absolute atomic E-state index is 6.33. The highest BCUT2D eigenvalue weighted by atomic mass is 35.5. The third-order valence-electron chi connectivity index (χ3n) is 3.05. The maximum atomic E-state index is 6.33. The van der Waals surface area contributed by atoms with E-state index in [0.29, 0.717) is 11.6 Å². The summed E-state index contributed by atoms with van der Waals surface area (Å²) in [6, 6.07) is 3.83. The second-order valence-electron chi connectivity index (χ2n) is 4.30. The molecule has 2 heterocycles. The van der Waals surface area contributed by atoms with Gasteiger partial charge in [0.2, 0.25) is 0 Å². The first-order chi connectivity index (χ1) is 8.66. The molecule has 94 valence electrons. The standard InChI is InChI=1S/C13H13ClN2O2/c1-7-13(8(2)18-16-7)9-5-12-11(6-10(9)14)15-3-4-17-12/h5-6,15H,3-4H2,1-2H3. The minimum atomic E-state index is 0.662. The Labute approximate surface area is 110 Å². The number of rotatable bonds is 1. The fourth-order valence-electron chi connectivity index (χ4n) is 2.22. The minimum absolute atomic E-state index is 0.662. The number of nitrogens with one attached hydrogen (secondary N) is 1. The molecule has 3 rings (SSSR count). The van der Waals surface area contributed by atoms with E-state index in [0.717, 1.165) is 40.6 Å². The lowest BCUT2D eigenvalue weighted by Crippen LogP contribution is -2.18. The minimum Gasteiger partial charge on any atom is -0.490 e. The van der Waals surface area contributed by atoms with Crippen LogP contribution >= 0.6 is 11.6 Å². The normalized spacial score (nSPS) is 13.7. The largest absolute Gasteiger partial charge is 0.490 e. The number of benzene rings is 1. The summed E-state index contributed by atoms with van der Waals surface area (Å²) in [6.45, 7) is 5.24. The molecule has 2 aromatic rings. The average molecular weight is 265 g/mol. The van der Waals surface area contributed by atoms with Gasteiger partial charge in [-0.2, -0.15) is 0 Å². The Hall–Kier alpha value is -1.68. The zero-order valence-electron chi connectivity index (χ0n) is 10.2. The molecule has 1 aliphatic rings. The number of anilines is 1. The number of aromatic nitrogens is 1. The van der Waals surface area contributed by atoms with Gasteiger partial charge in [0.25, 0.3) is 0 Å². The summed E-state index contributed by atoms with van der Waals surface area (Å²) in [7, 11) is 0. The van der Waals surface area contributed by atoms with E-state index in [1.165, 1.54) is 0 Å². The number of hydrogen-bond donors (Lipinski definition) is 1. The Morgan fingerprint density at radius 2 is 2.17 bits per heavy atom. The predicted octanol–water partition coefficient (Wildman–Crippen LogP) is 3.42. The molecule has 0 unspecified atom stereocenters. The van der Waals surface area contributed by atoms with E-state index in [2.05, 4.69) is 10.5 Å². The van der Waals surface area contributed by atoms with Crippen LogP contribution < -0.4 is 10.1 Å². The van der Waals surface area contributed by atoms with Gasteiger partial charge in [-0.3, -0.25) is 0 Å². The molecule has 1 N–H and O–H groups in total. The molecule has 4 nitrogen and oxygen atoms in total. The molecule has 0 saturated carbocycles. The van der Waals surface area contributed by atoms with Crippen molar-refractivity contribution in [2.24, 2.45) is 0 Å². The Morgan fingerprint density at radius 1 is 1.33 bits per heavy atom. The molecular formula is C13H13ClN2O2. The number of halogens is 1. The van der Waals surface area contributed by atoms with Crippen LogP contribution in [-0.4, -0.2) is 18.3 Å². The lowest BCUT2D eigenvalue weighted by Gasteiger charge is -2.20. The van der Waals surface area contributed by atoms with Crippen molar-refractivity contribution in [3.8, 4) is 16.9 Å². The topological polar surface area (TPSA) is 47.3 Å². The molecule has 0 amide bonds. The highest BCUT2D eigenvalue weighted by Gasteiger charge is 2.19. The summed E-state index contributed by atoms with van der Waals surface area (Å²) >= 11 is 6.33. The third kappa shape index (κ3) is 1.73. The molecule has 0 spiro atoms. The number of nitrogens with zero attached hydrogens (tertiary/aromatic N) is 1. The van der Waals surface area contributed by atoms with Gasteiger partial charge in [0, 0.05) is 17.7 Å². The van der Waals surface area contributed by atoms with Gasteiger partial charge in [-0.05, 0) is 26.0 Å². The molecule has 0 atom stereocenters. The fourth-order valence-corrected chi connectivity index (χ4v) is 2.47. The Bertz CT molecular complexity index is 588. The highest BCUT2D eigenvalue weighted by molar-refractivity contribution is 6.33. The maximum Gasteiger partial charge on any atom is 0.143 e. The summed E-state index contributed by atoms with van der Waals surface area (Å²) in [5.41, 5.74) is 3.60. The van der Waals surface area contributed by atoms with Gasteiger partial charge in [-0.1, -0.05) is 16.8 Å². The first-order valence-corrected chi connectivity index (χ1v) is 6.18. The first kappa shape index (κ1) is 11.4. The lowest BCUT2D eigenvalue weighted by molar-refractivity contribution is 0.323. The number of hydrogen-bond acceptors (Lipinski definition) is 4. The van der Waals surface area contributed by atoms with Crippen molar-refractivity contribution in [3.05, 3.63) is 28.6 Å². The molecule has 0 fully saturated rings. The van der Waals surface area contributed by atoms with E-state index in [1.807, 2.05) is 26.0 Å². The molecule has 1 aromatic carbocycles. The zero-order chi connectivity index (χ0) is 12.7. The van der Waals surface area contributed by atoms with Gasteiger partial charge in [0.15, 0.2) is 0 Å². The van der Waals surface area contributed by atoms with E-state index in [-0.39, 0.29) is 0 Å². The average Bonchev–Trinajstić information content (AvgIpc) is 2.68. The highest BCUT2D eigenvalue weighted by Crippen LogP contribution is 2.40. The summed E-state index contributed by atoms with van der Waals surface area (Å²) in [5.74, 6) is 1.58. The second-order valence-corrected chi connectivity index (χ2v) is 4.71. The van der Waals surface area contributed by atoms with Gasteiger partial charge < -0.3 is 14.6 Å². The fraction of sp³-hybridized carbons (Fsp3) is 0.308. The van der Waals surface area contributed by atoms with Crippen LogP contribution in [0.1, 0.15) is 11.5 Å². The van der Waals surface area contributed by atoms with Crippen LogP contribution in [-0.2, 0) is 0 Å². The molecule has 5 heteroatoms. The predicted molar refractivity (Wildman–Crippen MR) is 70.4 cm³/mol. The SMILES string of the molecule is Cc1noc(C)c1-c1cc2c(cc1Cl)NCCO2. The monoisotopic (exact) mass is 264 g/mol. The van der Waals surface area contributed by atoms with Gasteiger partial charge in [-0.15, -0.1) is 0 Å². The van der Waals surface area contributed by atoms with Gasteiger partial charge >= 0.3 is 0 Å². The smallest absolute Gasteiger partial charge is 0.143 e. The van der Waals surface area contributed by atoms with Crippen LogP contribution in [0.15, 0.2) is 16.7 Å². The quantitative estimate of drug-likeness (QED) is 0.857. The van der Waals surface area contributed by atoms with Gasteiger partial charge in [0.1, 0.15) is 18.1 Å². The van der Waals surface area contributed by atoms with Crippen molar-refractivity contribution >= 4 is 17.3 Å². The Balaban J connectivity index is 2.18. The molecular weight excluding hydrogens is 252 g/mol. The molecule has 1 aliphatic heterocycles. The number of fused-ring (bicyclic) bond motifs is 1. The van der Waals surface area contributed by atoms with E-state index >= 15 is 0 Å². The molecule has 18 heavy (non-hydrogen) atoms. The van der Waals surface area contributed by atoms with Gasteiger partial charge in [-0.25, -0.2) is 0 Å². The van der Waals surface area contributed by atoms with Crippen LogP contribution in [0.25, 0.3) is 11.1 Å². The van der Waals surface area contributed by atoms with Crippen molar-refractivity contribution in [2.45, 2.75) is 13.8 Å². The Morgan fingerprint density at radius 3 is 2.89 bits per heavy atom. The Kier molecular flexibility index (Phi) is 2.67. The van der Waals surface area contributed by atoms with E-state index in [9.17, 15) is 0 Å². The van der Waals surface area contributed by atoms with E-state index in [4.69, 9.17) is 20.9 Å². The van der Waals surface area contributed by atoms with Crippen molar-refractivity contribution in [3.63, 3.8) is 0 Å². The van der Waals surface area contributed by atoms with Crippen LogP contribution in [0, 0.1) is 13.8 Å². The van der Waals surface area contributed by atoms with Crippen LogP contribution in [0.5, 0.6) is 5.75 Å². The lowest BCUT2D eigenvalue weighted by atomic mass is 10.0. The molecule has 1 aromatic heterocycles. The van der Waals surface area contributed by atoms with Crippen LogP contribution in [0.3, 0.4) is 0 Å². The van der Waals surface area contributed by atoms with Crippen molar-refractivity contribution < 1.29 is 9.26 Å². The van der Waals surface area contributed by atoms with Crippen LogP contribution in [0.4, 0.5) is 5.69 Å². The van der Waals surface area contributed by atoms with Gasteiger partial charge in [0.05, 0.1) is 16.4 Å². The summed E-state index contributed by atoms with van der Waals surface area (Å²) < 4.78 is 10.8. The molecule has 0 radical (unpaired) electrons. The van der Waals surface area contributed by atoms with E-state index in [1.54, 1.807) is 0 Å². The first-order valence-electron chi connectivity index (χ1n) is 5.80. The van der Waals surface area contributed by atoms with Crippen molar-refractivity contribution in [1.29, 1.82) is 0 Å². The van der Waals surface area contributed by atoms with E-state index < -0.39 is 0 Å².